The molecule has 4 rings (SSSR count). The summed E-state index contributed by atoms with van der Waals surface area (Å²) in [4.78, 5) is 12.7. The van der Waals surface area contributed by atoms with E-state index < -0.39 is 0 Å². The lowest BCUT2D eigenvalue weighted by atomic mass is 10.1. The minimum atomic E-state index is 0.0938. The largest absolute Gasteiger partial charge is 0.454 e. The maximum atomic E-state index is 12.7. The second-order valence-electron chi connectivity index (χ2n) is 6.33. The lowest BCUT2D eigenvalue weighted by Crippen LogP contribution is -2.24. The first-order valence-corrected chi connectivity index (χ1v) is 8.16. The number of benzene rings is 1. The Labute approximate surface area is 145 Å². The maximum Gasteiger partial charge on any atom is 0.243 e. The highest BCUT2D eigenvalue weighted by Crippen LogP contribution is 2.34. The lowest BCUT2D eigenvalue weighted by molar-refractivity contribution is -0.671. The van der Waals surface area contributed by atoms with Crippen molar-refractivity contribution in [3.8, 4) is 17.2 Å². The summed E-state index contributed by atoms with van der Waals surface area (Å²) in [5, 5.41) is 0. The molecule has 128 valence electrons. The van der Waals surface area contributed by atoms with Crippen LogP contribution in [0.4, 0.5) is 0 Å². The Bertz CT molecular complexity index is 968. The van der Waals surface area contributed by atoms with Crippen LogP contribution < -0.4 is 14.0 Å². The maximum absolute atomic E-state index is 12.7. The Kier molecular flexibility index (Phi) is 3.60. The number of fused-ring (bicyclic) bond motifs is 1. The lowest BCUT2D eigenvalue weighted by Gasteiger charge is -2.10. The minimum Gasteiger partial charge on any atom is -0.454 e. The molecule has 0 bridgehead atoms. The zero-order valence-electron chi connectivity index (χ0n) is 14.5. The second-order valence-corrected chi connectivity index (χ2v) is 6.33. The highest BCUT2D eigenvalue weighted by atomic mass is 16.7. The van der Waals surface area contributed by atoms with Crippen molar-refractivity contribution in [2.45, 2.75) is 20.4 Å². The van der Waals surface area contributed by atoms with E-state index in [0.29, 0.717) is 6.54 Å². The van der Waals surface area contributed by atoms with E-state index in [1.165, 1.54) is 0 Å². The van der Waals surface area contributed by atoms with E-state index in [2.05, 4.69) is 4.57 Å². The third-order valence-corrected chi connectivity index (χ3v) is 4.50. The number of imidazole rings is 1. The summed E-state index contributed by atoms with van der Waals surface area (Å²) in [6.45, 7) is 4.55. The Morgan fingerprint density at radius 2 is 2.00 bits per heavy atom. The van der Waals surface area contributed by atoms with Gasteiger partial charge in [-0.15, -0.1) is 0 Å². The monoisotopic (exact) mass is 338 g/mol. The molecule has 1 aromatic carbocycles. The zero-order valence-corrected chi connectivity index (χ0v) is 14.5. The van der Waals surface area contributed by atoms with Crippen LogP contribution >= 0.6 is 0 Å². The van der Waals surface area contributed by atoms with Crippen molar-refractivity contribution >= 4 is 5.78 Å². The average Bonchev–Trinajstić information content (AvgIpc) is 3.26. The zero-order chi connectivity index (χ0) is 17.6. The first kappa shape index (κ1) is 15.5. The molecule has 6 heteroatoms. The number of Topliss-reactive ketones (excluding diaryl/α,β-unsaturated/α-hetero) is 1. The first-order valence-electron chi connectivity index (χ1n) is 8.16. The topological polar surface area (TPSA) is 49.3 Å². The van der Waals surface area contributed by atoms with Gasteiger partial charge in [-0.2, -0.15) is 0 Å². The van der Waals surface area contributed by atoms with Gasteiger partial charge in [0.25, 0.3) is 0 Å². The molecule has 1 aliphatic heterocycles. The molecular formula is C19H20N3O3+. The minimum absolute atomic E-state index is 0.0938. The fourth-order valence-electron chi connectivity index (χ4n) is 3.31. The number of nitrogens with zero attached hydrogens (tertiary/aromatic N) is 3. The molecule has 0 N–H and O–H groups in total. The number of hydrogen-bond donors (Lipinski definition) is 0. The summed E-state index contributed by atoms with van der Waals surface area (Å²) in [6, 6.07) is 7.78. The van der Waals surface area contributed by atoms with Gasteiger partial charge in [-0.05, 0) is 32.0 Å². The van der Waals surface area contributed by atoms with Crippen molar-refractivity contribution in [1.82, 2.24) is 9.13 Å². The highest BCUT2D eigenvalue weighted by molar-refractivity contribution is 5.97. The number of carbonyl (C=O) groups is 1. The van der Waals surface area contributed by atoms with Gasteiger partial charge >= 0.3 is 0 Å². The fraction of sp³-hybridized carbons (Fsp3) is 0.263. The van der Waals surface area contributed by atoms with Gasteiger partial charge in [0.15, 0.2) is 18.0 Å². The summed E-state index contributed by atoms with van der Waals surface area (Å²) in [5.41, 5.74) is 3.65. The van der Waals surface area contributed by atoms with E-state index in [1.807, 2.05) is 73.0 Å². The molecule has 3 aromatic rings. The smallest absolute Gasteiger partial charge is 0.243 e. The van der Waals surface area contributed by atoms with Gasteiger partial charge in [0.05, 0.1) is 7.05 Å². The SMILES string of the molecule is Cc1cc(C(=O)Cn2cc[n+](C)c2)c(C)n1-c1ccc2c(c1)OCO2. The van der Waals surface area contributed by atoms with Crippen LogP contribution in [0.2, 0.25) is 0 Å². The van der Waals surface area contributed by atoms with Crippen LogP contribution in [0.3, 0.4) is 0 Å². The third kappa shape index (κ3) is 2.69. The van der Waals surface area contributed by atoms with Crippen LogP contribution in [0.1, 0.15) is 21.7 Å². The number of carbonyl (C=O) groups excluding carboxylic acids is 1. The van der Waals surface area contributed by atoms with Crippen LogP contribution in [0.25, 0.3) is 5.69 Å². The molecule has 0 saturated carbocycles. The number of aryl methyl sites for hydroxylation is 2. The van der Waals surface area contributed by atoms with Crippen molar-refractivity contribution < 1.29 is 18.8 Å². The molecule has 0 radical (unpaired) electrons. The number of ether oxygens (including phenoxy) is 2. The fourth-order valence-corrected chi connectivity index (χ4v) is 3.31. The molecule has 0 spiro atoms. The van der Waals surface area contributed by atoms with Gasteiger partial charge in [-0.3, -0.25) is 4.79 Å². The van der Waals surface area contributed by atoms with Crippen LogP contribution in [0.5, 0.6) is 11.5 Å². The predicted octanol–water partition coefficient (Wildman–Crippen LogP) is 2.33. The van der Waals surface area contributed by atoms with E-state index in [4.69, 9.17) is 9.47 Å². The molecule has 6 nitrogen and oxygen atoms in total. The van der Waals surface area contributed by atoms with Crippen LogP contribution in [0.15, 0.2) is 43.0 Å². The van der Waals surface area contributed by atoms with Gasteiger partial charge in [-0.25, -0.2) is 9.13 Å². The van der Waals surface area contributed by atoms with Crippen molar-refractivity contribution in [2.75, 3.05) is 6.79 Å². The summed E-state index contributed by atoms with van der Waals surface area (Å²) >= 11 is 0. The van der Waals surface area contributed by atoms with Gasteiger partial charge in [-0.1, -0.05) is 0 Å². The Balaban J connectivity index is 1.68. The molecule has 0 saturated heterocycles. The van der Waals surface area contributed by atoms with E-state index in [-0.39, 0.29) is 12.6 Å². The van der Waals surface area contributed by atoms with E-state index in [9.17, 15) is 4.79 Å². The molecule has 3 heterocycles. The van der Waals surface area contributed by atoms with Crippen molar-refractivity contribution in [3.05, 3.63) is 59.9 Å². The molecule has 1 aliphatic rings. The number of ketones is 1. The number of aromatic nitrogens is 3. The second kappa shape index (κ2) is 5.81. The summed E-state index contributed by atoms with van der Waals surface area (Å²) < 4.78 is 16.7. The van der Waals surface area contributed by atoms with Crippen molar-refractivity contribution in [3.63, 3.8) is 0 Å². The quantitative estimate of drug-likeness (QED) is 0.542. The van der Waals surface area contributed by atoms with Crippen LogP contribution in [-0.2, 0) is 13.6 Å². The highest BCUT2D eigenvalue weighted by Gasteiger charge is 2.20. The molecule has 0 atom stereocenters. The molecule has 0 unspecified atom stereocenters. The normalized spacial score (nSPS) is 12.6. The molecule has 25 heavy (non-hydrogen) atoms. The van der Waals surface area contributed by atoms with Crippen molar-refractivity contribution in [2.24, 2.45) is 7.05 Å². The van der Waals surface area contributed by atoms with E-state index in [1.54, 1.807) is 0 Å². The molecule has 0 amide bonds. The van der Waals surface area contributed by atoms with Crippen LogP contribution in [0, 0.1) is 13.8 Å². The van der Waals surface area contributed by atoms with Gasteiger partial charge < -0.3 is 14.0 Å². The van der Waals surface area contributed by atoms with E-state index >= 15 is 0 Å². The third-order valence-electron chi connectivity index (χ3n) is 4.50. The average molecular weight is 338 g/mol. The van der Waals surface area contributed by atoms with Gasteiger partial charge in [0.2, 0.25) is 18.9 Å². The predicted molar refractivity (Wildman–Crippen MR) is 91.3 cm³/mol. The Hall–Kier alpha value is -3.02. The molecule has 0 fully saturated rings. The summed E-state index contributed by atoms with van der Waals surface area (Å²) in [6.07, 6.45) is 5.72. The van der Waals surface area contributed by atoms with Gasteiger partial charge in [0, 0.05) is 28.7 Å². The Morgan fingerprint density at radius 3 is 2.76 bits per heavy atom. The summed E-state index contributed by atoms with van der Waals surface area (Å²) in [7, 11) is 1.94. The number of hydrogen-bond acceptors (Lipinski definition) is 3. The first-order chi connectivity index (χ1) is 12.0. The molecular weight excluding hydrogens is 318 g/mol. The van der Waals surface area contributed by atoms with Crippen LogP contribution in [-0.4, -0.2) is 21.7 Å². The van der Waals surface area contributed by atoms with Gasteiger partial charge in [0.1, 0.15) is 12.4 Å². The molecule has 2 aromatic heterocycles. The molecule has 0 aliphatic carbocycles. The summed E-state index contributed by atoms with van der Waals surface area (Å²) in [5.74, 6) is 1.58. The van der Waals surface area contributed by atoms with E-state index in [0.717, 1.165) is 34.1 Å². The standard InChI is InChI=1S/C19H20N3O3/c1-13-8-16(17(23)10-21-7-6-20(3)11-21)14(2)22(13)15-4-5-18-19(9-15)25-12-24-18/h4-9,11H,10,12H2,1-3H3/q+1. The van der Waals surface area contributed by atoms with Crippen molar-refractivity contribution in [1.29, 1.82) is 0 Å². The number of rotatable bonds is 4. The Morgan fingerprint density at radius 1 is 1.20 bits per heavy atom.